The van der Waals surface area contributed by atoms with E-state index in [0.717, 1.165) is 0 Å². The second kappa shape index (κ2) is 3.29. The summed E-state index contributed by atoms with van der Waals surface area (Å²) in [7, 11) is -4.38. The van der Waals surface area contributed by atoms with Gasteiger partial charge in [0.15, 0.2) is 0 Å². The fourth-order valence-electron chi connectivity index (χ4n) is 0.205. The zero-order chi connectivity index (χ0) is 7.49. The Kier molecular flexibility index (Phi) is 3.32. The van der Waals surface area contributed by atoms with Crippen molar-refractivity contribution >= 4 is 7.82 Å². The first-order valence-electron chi connectivity index (χ1n) is 2.30. The van der Waals surface area contributed by atoms with E-state index in [9.17, 15) is 4.57 Å². The van der Waals surface area contributed by atoms with E-state index in [1.165, 1.54) is 6.92 Å². The fraction of sp³-hybridized carbons (Fsp3) is 1.00. The summed E-state index contributed by atoms with van der Waals surface area (Å²) in [4.78, 5) is 16.1. The zero-order valence-corrected chi connectivity index (χ0v) is 5.78. The summed E-state index contributed by atoms with van der Waals surface area (Å²) < 4.78 is 13.8. The van der Waals surface area contributed by atoms with Crippen molar-refractivity contribution in [2.45, 2.75) is 13.0 Å². The van der Waals surface area contributed by atoms with Crippen molar-refractivity contribution in [3.8, 4) is 0 Å². The predicted octanol–water partition coefficient (Wildman–Crippen LogP) is -0.524. The Balaban J connectivity index is 3.40. The van der Waals surface area contributed by atoms with Crippen LogP contribution in [0.2, 0.25) is 0 Å². The van der Waals surface area contributed by atoms with E-state index in [-0.39, 0.29) is 6.61 Å². The van der Waals surface area contributed by atoms with Crippen molar-refractivity contribution < 1.29 is 24.0 Å². The molecule has 0 aromatic heterocycles. The van der Waals surface area contributed by atoms with Gasteiger partial charge in [0.2, 0.25) is 0 Å². The number of hydrogen-bond acceptors (Lipinski definition) is 3. The molecule has 0 saturated heterocycles. The maximum absolute atomic E-state index is 9.90. The lowest BCUT2D eigenvalue weighted by molar-refractivity contribution is 0.0969. The lowest BCUT2D eigenvalue weighted by Gasteiger charge is -2.05. The van der Waals surface area contributed by atoms with E-state index < -0.39 is 13.9 Å². The normalized spacial score (nSPS) is 15.6. The molecular weight excluding hydrogens is 147 g/mol. The molecule has 1 atom stereocenters. The summed E-state index contributed by atoms with van der Waals surface area (Å²) >= 11 is 0. The molecule has 0 fully saturated rings. The maximum Gasteiger partial charge on any atom is 0.469 e. The van der Waals surface area contributed by atoms with E-state index in [4.69, 9.17) is 14.9 Å². The van der Waals surface area contributed by atoms with E-state index in [0.29, 0.717) is 0 Å². The zero-order valence-electron chi connectivity index (χ0n) is 4.89. The van der Waals surface area contributed by atoms with Crippen molar-refractivity contribution in [2.24, 2.45) is 0 Å². The van der Waals surface area contributed by atoms with Crippen molar-refractivity contribution in [3.05, 3.63) is 0 Å². The lowest BCUT2D eigenvalue weighted by Crippen LogP contribution is -2.08. The number of aliphatic hydroxyl groups excluding tert-OH is 1. The third-order valence-electron chi connectivity index (χ3n) is 0.484. The number of aliphatic hydroxyl groups is 1. The van der Waals surface area contributed by atoms with Gasteiger partial charge < -0.3 is 14.9 Å². The predicted molar refractivity (Wildman–Crippen MR) is 29.7 cm³/mol. The average Bonchev–Trinajstić information content (AvgIpc) is 1.59. The fourth-order valence-corrected chi connectivity index (χ4v) is 0.615. The van der Waals surface area contributed by atoms with Crippen LogP contribution in [0.4, 0.5) is 0 Å². The minimum absolute atomic E-state index is 0.343. The molecule has 9 heavy (non-hydrogen) atoms. The molecule has 0 aliphatic carbocycles. The molecule has 0 radical (unpaired) electrons. The summed E-state index contributed by atoms with van der Waals surface area (Å²) in [5.74, 6) is 0. The van der Waals surface area contributed by atoms with E-state index in [1.807, 2.05) is 0 Å². The number of phosphoric acid groups is 1. The van der Waals surface area contributed by atoms with Gasteiger partial charge in [0.25, 0.3) is 0 Å². The molecule has 0 unspecified atom stereocenters. The molecule has 0 aliphatic heterocycles. The highest BCUT2D eigenvalue weighted by atomic mass is 31.2. The van der Waals surface area contributed by atoms with Crippen LogP contribution in [0.5, 0.6) is 0 Å². The maximum atomic E-state index is 9.90. The van der Waals surface area contributed by atoms with Gasteiger partial charge in [0, 0.05) is 0 Å². The Hall–Kier alpha value is 0.0700. The second-order valence-corrected chi connectivity index (χ2v) is 2.87. The van der Waals surface area contributed by atoms with E-state index in [1.54, 1.807) is 0 Å². The van der Waals surface area contributed by atoms with Gasteiger partial charge in [-0.3, -0.25) is 4.52 Å². The summed E-state index contributed by atoms with van der Waals surface area (Å²) in [6.45, 7) is 1.03. The smallest absolute Gasteiger partial charge is 0.391 e. The Morgan fingerprint density at radius 3 is 2.22 bits per heavy atom. The molecule has 0 rings (SSSR count). The highest BCUT2D eigenvalue weighted by molar-refractivity contribution is 7.46. The van der Waals surface area contributed by atoms with E-state index >= 15 is 0 Å². The monoisotopic (exact) mass is 156 g/mol. The lowest BCUT2D eigenvalue weighted by atomic mass is 10.5. The third kappa shape index (κ3) is 8.07. The molecule has 0 amide bonds. The number of rotatable bonds is 3. The molecule has 0 aliphatic rings. The van der Waals surface area contributed by atoms with Crippen molar-refractivity contribution in [1.82, 2.24) is 0 Å². The molecule has 6 heteroatoms. The molecule has 0 bridgehead atoms. The highest BCUT2D eigenvalue weighted by Crippen LogP contribution is 2.35. The van der Waals surface area contributed by atoms with Gasteiger partial charge in [-0.05, 0) is 6.92 Å². The van der Waals surface area contributed by atoms with Crippen LogP contribution in [0.1, 0.15) is 6.92 Å². The minimum Gasteiger partial charge on any atom is -0.391 e. The highest BCUT2D eigenvalue weighted by Gasteiger charge is 2.14. The van der Waals surface area contributed by atoms with Gasteiger partial charge >= 0.3 is 7.82 Å². The molecule has 0 spiro atoms. The van der Waals surface area contributed by atoms with Crippen LogP contribution in [-0.2, 0) is 9.09 Å². The Morgan fingerprint density at radius 2 is 2.11 bits per heavy atom. The number of phosphoric ester groups is 1. The van der Waals surface area contributed by atoms with E-state index in [2.05, 4.69) is 4.52 Å². The van der Waals surface area contributed by atoms with Gasteiger partial charge in [0.1, 0.15) is 0 Å². The molecule has 0 aromatic carbocycles. The van der Waals surface area contributed by atoms with Crippen LogP contribution >= 0.6 is 7.82 Å². The van der Waals surface area contributed by atoms with Crippen LogP contribution in [0.25, 0.3) is 0 Å². The molecule has 56 valence electrons. The van der Waals surface area contributed by atoms with Gasteiger partial charge in [0.05, 0.1) is 12.7 Å². The van der Waals surface area contributed by atoms with Crippen LogP contribution in [0.3, 0.4) is 0 Å². The van der Waals surface area contributed by atoms with Crippen LogP contribution < -0.4 is 0 Å². The first kappa shape index (κ1) is 9.07. The molecule has 3 N–H and O–H groups in total. The number of hydrogen-bond donors (Lipinski definition) is 3. The summed E-state index contributed by atoms with van der Waals surface area (Å²) in [6, 6.07) is 0. The third-order valence-corrected chi connectivity index (χ3v) is 0.969. The Morgan fingerprint density at radius 1 is 1.67 bits per heavy atom. The molecular formula is C3H9O5P. The summed E-state index contributed by atoms with van der Waals surface area (Å²) in [6.07, 6.45) is -0.849. The first-order valence-corrected chi connectivity index (χ1v) is 3.83. The van der Waals surface area contributed by atoms with Crippen molar-refractivity contribution in [1.29, 1.82) is 0 Å². The average molecular weight is 156 g/mol. The summed E-state index contributed by atoms with van der Waals surface area (Å²) in [5.41, 5.74) is 0. The van der Waals surface area contributed by atoms with Crippen molar-refractivity contribution in [2.75, 3.05) is 6.61 Å². The van der Waals surface area contributed by atoms with Gasteiger partial charge in [-0.15, -0.1) is 0 Å². The topological polar surface area (TPSA) is 87.0 Å². The minimum atomic E-state index is -4.38. The van der Waals surface area contributed by atoms with Gasteiger partial charge in [-0.2, -0.15) is 0 Å². The van der Waals surface area contributed by atoms with Crippen molar-refractivity contribution in [3.63, 3.8) is 0 Å². The SMILES string of the molecule is C[C@@H](O)COP(=O)(O)O. The molecule has 0 saturated carbocycles. The first-order chi connectivity index (χ1) is 3.92. The van der Waals surface area contributed by atoms with Crippen LogP contribution in [-0.4, -0.2) is 27.6 Å². The van der Waals surface area contributed by atoms with Crippen LogP contribution in [0.15, 0.2) is 0 Å². The standard InChI is InChI=1S/C3H9O5P/c1-3(4)2-8-9(5,6)7/h3-4H,2H2,1H3,(H2,5,6,7)/t3-/m1/s1. The quantitative estimate of drug-likeness (QED) is 0.478. The molecule has 0 aromatic rings. The Labute approximate surface area is 52.5 Å². The second-order valence-electron chi connectivity index (χ2n) is 1.64. The van der Waals surface area contributed by atoms with Gasteiger partial charge in [-0.25, -0.2) is 4.57 Å². The van der Waals surface area contributed by atoms with Gasteiger partial charge in [-0.1, -0.05) is 0 Å². The summed E-state index contributed by atoms with van der Waals surface area (Å²) in [5, 5.41) is 8.45. The van der Waals surface area contributed by atoms with Crippen LogP contribution in [0, 0.1) is 0 Å². The molecule has 0 heterocycles. The largest absolute Gasteiger partial charge is 0.469 e. The molecule has 5 nitrogen and oxygen atoms in total. The Bertz CT molecular complexity index is 115.